The molecule has 0 aliphatic carbocycles. The molecule has 2 N–H and O–H groups in total. The minimum absolute atomic E-state index is 0.336. The third-order valence-electron chi connectivity index (χ3n) is 6.82. The first-order valence-corrected chi connectivity index (χ1v) is 13.4. The monoisotopic (exact) mass is 414 g/mol. The van der Waals surface area contributed by atoms with E-state index < -0.39 is 0 Å². The summed E-state index contributed by atoms with van der Waals surface area (Å²) >= 11 is 0. The fourth-order valence-electron chi connectivity index (χ4n) is 4.71. The van der Waals surface area contributed by atoms with Crippen molar-refractivity contribution in [2.24, 2.45) is 5.92 Å². The van der Waals surface area contributed by atoms with Gasteiger partial charge in [-0.2, -0.15) is 0 Å². The second-order valence-electron chi connectivity index (χ2n) is 9.64. The van der Waals surface area contributed by atoms with Gasteiger partial charge in [-0.25, -0.2) is 0 Å². The van der Waals surface area contributed by atoms with E-state index in [2.05, 4.69) is 48.7 Å². The molecule has 2 heteroatoms. The number of unbranched alkanes of at least 4 members (excludes halogenated alkanes) is 12. The molecule has 1 heterocycles. The first-order chi connectivity index (χ1) is 14.8. The summed E-state index contributed by atoms with van der Waals surface area (Å²) in [6.45, 7) is 6.90. The Morgan fingerprint density at radius 1 is 0.633 bits per heavy atom. The minimum Gasteiger partial charge on any atom is -0.298 e. The summed E-state index contributed by atoms with van der Waals surface area (Å²) in [7, 11) is 0. The van der Waals surface area contributed by atoms with E-state index >= 15 is 0 Å². The lowest BCUT2D eigenvalue weighted by Crippen LogP contribution is -2.46. The van der Waals surface area contributed by atoms with Gasteiger partial charge in [0.2, 0.25) is 0 Å². The Balaban J connectivity index is 1.54. The molecule has 0 saturated carbocycles. The molecule has 172 valence electrons. The van der Waals surface area contributed by atoms with Crippen molar-refractivity contribution in [3.05, 3.63) is 35.4 Å². The van der Waals surface area contributed by atoms with Crippen LogP contribution in [0.5, 0.6) is 0 Å². The van der Waals surface area contributed by atoms with E-state index in [1.54, 1.807) is 0 Å². The second-order valence-corrected chi connectivity index (χ2v) is 9.64. The molecule has 1 aliphatic heterocycles. The number of nitrogens with one attached hydrogen (secondary N) is 2. The van der Waals surface area contributed by atoms with E-state index in [0.29, 0.717) is 6.17 Å². The summed E-state index contributed by atoms with van der Waals surface area (Å²) in [6, 6.07) is 9.36. The van der Waals surface area contributed by atoms with Crippen molar-refractivity contribution in [1.82, 2.24) is 10.6 Å². The number of benzene rings is 1. The van der Waals surface area contributed by atoms with Crippen LogP contribution < -0.4 is 10.6 Å². The summed E-state index contributed by atoms with van der Waals surface area (Å²) < 4.78 is 0. The molecule has 0 radical (unpaired) electrons. The number of rotatable bonds is 17. The Kier molecular flexibility index (Phi) is 14.2. The Morgan fingerprint density at radius 3 is 1.70 bits per heavy atom. The van der Waals surface area contributed by atoms with Crippen LogP contribution >= 0.6 is 0 Å². The van der Waals surface area contributed by atoms with Crippen molar-refractivity contribution in [1.29, 1.82) is 0 Å². The van der Waals surface area contributed by atoms with Crippen molar-refractivity contribution in [3.8, 4) is 0 Å². The maximum atomic E-state index is 3.74. The minimum atomic E-state index is 0.336. The molecule has 2 nitrogen and oxygen atoms in total. The van der Waals surface area contributed by atoms with Crippen LogP contribution in [0.15, 0.2) is 24.3 Å². The van der Waals surface area contributed by atoms with Crippen LogP contribution in [0, 0.1) is 5.92 Å². The molecule has 0 aromatic heterocycles. The van der Waals surface area contributed by atoms with Crippen LogP contribution in [0.3, 0.4) is 0 Å². The van der Waals surface area contributed by atoms with Gasteiger partial charge in [0, 0.05) is 13.1 Å². The SMILES string of the molecule is CCCCCCCCCCc1ccc(C2NCC(CCCCCCCC)CN2)cc1. The van der Waals surface area contributed by atoms with Crippen LogP contribution in [-0.4, -0.2) is 13.1 Å². The average Bonchev–Trinajstić information content (AvgIpc) is 2.79. The highest BCUT2D eigenvalue weighted by atomic mass is 15.1. The van der Waals surface area contributed by atoms with Crippen LogP contribution in [0.25, 0.3) is 0 Å². The largest absolute Gasteiger partial charge is 0.298 e. The van der Waals surface area contributed by atoms with Crippen molar-refractivity contribution >= 4 is 0 Å². The highest BCUT2D eigenvalue weighted by Crippen LogP contribution is 2.20. The smallest absolute Gasteiger partial charge is 0.0835 e. The fourth-order valence-corrected chi connectivity index (χ4v) is 4.71. The first-order valence-electron chi connectivity index (χ1n) is 13.4. The molecule has 30 heavy (non-hydrogen) atoms. The molecule has 0 amide bonds. The molecule has 1 fully saturated rings. The van der Waals surface area contributed by atoms with Gasteiger partial charge in [-0.3, -0.25) is 10.6 Å². The van der Waals surface area contributed by atoms with E-state index in [1.165, 1.54) is 114 Å². The van der Waals surface area contributed by atoms with Crippen molar-refractivity contribution in [2.75, 3.05) is 13.1 Å². The van der Waals surface area contributed by atoms with Gasteiger partial charge in [-0.05, 0) is 36.3 Å². The standard InChI is InChI=1S/C28H50N2/c1-3-5-7-9-11-12-14-15-17-25-19-21-27(22-20-25)28-29-23-26(24-30-28)18-16-13-10-8-6-4-2/h19-22,26,28-30H,3-18,23-24H2,1-2H3. The third kappa shape index (κ3) is 11.0. The predicted octanol–water partition coefficient (Wildman–Crippen LogP) is 7.93. The predicted molar refractivity (Wildman–Crippen MR) is 133 cm³/mol. The quantitative estimate of drug-likeness (QED) is 0.253. The molecular formula is C28H50N2. The first kappa shape index (κ1) is 25.4. The van der Waals surface area contributed by atoms with Gasteiger partial charge in [-0.1, -0.05) is 122 Å². The van der Waals surface area contributed by atoms with E-state index in [-0.39, 0.29) is 0 Å². The number of hydrogen-bond donors (Lipinski definition) is 2. The summed E-state index contributed by atoms with van der Waals surface area (Å²) in [6.07, 6.45) is 22.6. The van der Waals surface area contributed by atoms with E-state index in [9.17, 15) is 0 Å². The van der Waals surface area contributed by atoms with E-state index in [1.807, 2.05) is 0 Å². The Morgan fingerprint density at radius 2 is 1.13 bits per heavy atom. The normalized spacial score (nSPS) is 19.3. The zero-order valence-corrected chi connectivity index (χ0v) is 20.2. The Hall–Kier alpha value is -0.860. The van der Waals surface area contributed by atoms with Crippen LogP contribution in [0.1, 0.15) is 127 Å². The van der Waals surface area contributed by atoms with Crippen LogP contribution in [0.2, 0.25) is 0 Å². The van der Waals surface area contributed by atoms with Crippen molar-refractivity contribution in [3.63, 3.8) is 0 Å². The topological polar surface area (TPSA) is 24.1 Å². The van der Waals surface area contributed by atoms with Crippen LogP contribution in [0.4, 0.5) is 0 Å². The molecule has 1 aromatic carbocycles. The maximum absolute atomic E-state index is 3.74. The molecule has 1 aromatic rings. The van der Waals surface area contributed by atoms with Gasteiger partial charge >= 0.3 is 0 Å². The number of hydrogen-bond acceptors (Lipinski definition) is 2. The molecule has 0 unspecified atom stereocenters. The molecular weight excluding hydrogens is 364 g/mol. The molecule has 2 rings (SSSR count). The highest BCUT2D eigenvalue weighted by Gasteiger charge is 2.20. The molecule has 1 saturated heterocycles. The van der Waals surface area contributed by atoms with Crippen molar-refractivity contribution in [2.45, 2.75) is 123 Å². The van der Waals surface area contributed by atoms with E-state index in [0.717, 1.165) is 19.0 Å². The summed E-state index contributed by atoms with van der Waals surface area (Å²) in [4.78, 5) is 0. The average molecular weight is 415 g/mol. The molecule has 0 bridgehead atoms. The van der Waals surface area contributed by atoms with Gasteiger partial charge in [0.1, 0.15) is 0 Å². The maximum Gasteiger partial charge on any atom is 0.0835 e. The van der Waals surface area contributed by atoms with Gasteiger partial charge in [-0.15, -0.1) is 0 Å². The molecule has 1 aliphatic rings. The Bertz CT molecular complexity index is 502. The van der Waals surface area contributed by atoms with Gasteiger partial charge < -0.3 is 0 Å². The summed E-state index contributed by atoms with van der Waals surface area (Å²) in [5.41, 5.74) is 2.90. The second kappa shape index (κ2) is 16.8. The fraction of sp³-hybridized carbons (Fsp3) is 0.786. The van der Waals surface area contributed by atoms with E-state index in [4.69, 9.17) is 0 Å². The van der Waals surface area contributed by atoms with Crippen molar-refractivity contribution < 1.29 is 0 Å². The third-order valence-corrected chi connectivity index (χ3v) is 6.82. The molecule has 0 spiro atoms. The van der Waals surface area contributed by atoms with Gasteiger partial charge in [0.25, 0.3) is 0 Å². The summed E-state index contributed by atoms with van der Waals surface area (Å²) in [5, 5.41) is 7.47. The zero-order chi connectivity index (χ0) is 21.3. The number of aryl methyl sites for hydroxylation is 1. The van der Waals surface area contributed by atoms with Crippen LogP contribution in [-0.2, 0) is 6.42 Å². The van der Waals surface area contributed by atoms with Gasteiger partial charge in [0.05, 0.1) is 6.17 Å². The zero-order valence-electron chi connectivity index (χ0n) is 20.2. The summed E-state index contributed by atoms with van der Waals surface area (Å²) in [5.74, 6) is 0.800. The Labute approximate surface area is 188 Å². The molecule has 0 atom stereocenters. The van der Waals surface area contributed by atoms with Gasteiger partial charge in [0.15, 0.2) is 0 Å². The lowest BCUT2D eigenvalue weighted by atomic mass is 9.97. The lowest BCUT2D eigenvalue weighted by Gasteiger charge is -2.31. The lowest BCUT2D eigenvalue weighted by molar-refractivity contribution is 0.282. The highest BCUT2D eigenvalue weighted by molar-refractivity contribution is 5.25.